The Bertz CT molecular complexity index is 751. The molecule has 0 bridgehead atoms. The van der Waals surface area contributed by atoms with E-state index < -0.39 is 10.0 Å². The van der Waals surface area contributed by atoms with Crippen molar-refractivity contribution in [1.82, 2.24) is 9.78 Å². The first-order chi connectivity index (χ1) is 9.42. The van der Waals surface area contributed by atoms with Crippen molar-refractivity contribution < 1.29 is 13.6 Å². The van der Waals surface area contributed by atoms with Gasteiger partial charge in [-0.2, -0.15) is 5.10 Å². The second-order valence-electron chi connectivity index (χ2n) is 4.02. The summed E-state index contributed by atoms with van der Waals surface area (Å²) >= 11 is 0. The molecule has 0 aliphatic carbocycles. The van der Waals surface area contributed by atoms with Crippen LogP contribution >= 0.6 is 0 Å². The second-order valence-corrected chi connectivity index (χ2v) is 5.70. The Morgan fingerprint density at radius 3 is 2.85 bits per heavy atom. The smallest absolute Gasteiger partial charge is 0.265 e. The first-order valence-electron chi connectivity index (χ1n) is 5.52. The molecule has 2 aromatic rings. The summed E-state index contributed by atoms with van der Waals surface area (Å²) in [7, 11) is -2.10. The number of sulfonamides is 1. The average molecular weight is 295 g/mol. The summed E-state index contributed by atoms with van der Waals surface area (Å²) in [6.07, 6.45) is 2.63. The lowest BCUT2D eigenvalue weighted by molar-refractivity contribution is 0.318. The number of nitrogens with zero attached hydrogens (tertiary/aromatic N) is 3. The zero-order valence-corrected chi connectivity index (χ0v) is 11.4. The van der Waals surface area contributed by atoms with E-state index in [1.54, 1.807) is 25.2 Å². The van der Waals surface area contributed by atoms with Gasteiger partial charge in [0.15, 0.2) is 5.84 Å². The average Bonchev–Trinajstić information content (AvgIpc) is 2.85. The summed E-state index contributed by atoms with van der Waals surface area (Å²) in [5, 5.41) is 15.3. The van der Waals surface area contributed by atoms with Gasteiger partial charge in [0.25, 0.3) is 10.0 Å². The molecule has 1 aromatic heterocycles. The number of anilines is 1. The molecule has 106 valence electrons. The Morgan fingerprint density at radius 1 is 1.50 bits per heavy atom. The van der Waals surface area contributed by atoms with Crippen molar-refractivity contribution in [3.8, 4) is 0 Å². The fraction of sp³-hybridized carbons (Fsp3) is 0.0909. The first kappa shape index (κ1) is 13.9. The maximum Gasteiger partial charge on any atom is 0.265 e. The van der Waals surface area contributed by atoms with E-state index in [-0.39, 0.29) is 10.7 Å². The number of nitrogens with two attached hydrogens (primary N) is 1. The van der Waals surface area contributed by atoms with Crippen LogP contribution in [0.4, 0.5) is 5.69 Å². The SMILES string of the molecule is Cn1cc(S(=O)(=O)Nc2cccc(C(N)=NO)c2)cn1. The molecule has 1 aromatic carbocycles. The highest BCUT2D eigenvalue weighted by molar-refractivity contribution is 7.92. The Labute approximate surface area is 115 Å². The van der Waals surface area contributed by atoms with Crippen LogP contribution in [0.15, 0.2) is 46.7 Å². The maximum atomic E-state index is 12.1. The van der Waals surface area contributed by atoms with Crippen molar-refractivity contribution in [2.75, 3.05) is 4.72 Å². The van der Waals surface area contributed by atoms with Gasteiger partial charge in [0, 0.05) is 24.5 Å². The van der Waals surface area contributed by atoms with Crippen molar-refractivity contribution >= 4 is 21.5 Å². The van der Waals surface area contributed by atoms with Gasteiger partial charge in [-0.25, -0.2) is 8.42 Å². The van der Waals surface area contributed by atoms with E-state index in [1.165, 1.54) is 23.1 Å². The number of nitrogens with one attached hydrogen (secondary N) is 1. The summed E-state index contributed by atoms with van der Waals surface area (Å²) in [6.45, 7) is 0. The zero-order valence-electron chi connectivity index (χ0n) is 10.6. The summed E-state index contributed by atoms with van der Waals surface area (Å²) in [6, 6.07) is 6.20. The van der Waals surface area contributed by atoms with Crippen LogP contribution in [0.25, 0.3) is 0 Å². The molecule has 0 aliphatic heterocycles. The van der Waals surface area contributed by atoms with E-state index >= 15 is 0 Å². The highest BCUT2D eigenvalue weighted by Gasteiger charge is 2.16. The molecule has 0 fully saturated rings. The highest BCUT2D eigenvalue weighted by Crippen LogP contribution is 2.16. The third-order valence-corrected chi connectivity index (χ3v) is 3.85. The minimum absolute atomic E-state index is 0.0502. The monoisotopic (exact) mass is 295 g/mol. The lowest BCUT2D eigenvalue weighted by Gasteiger charge is -2.07. The van der Waals surface area contributed by atoms with Gasteiger partial charge >= 0.3 is 0 Å². The van der Waals surface area contributed by atoms with E-state index in [9.17, 15) is 8.42 Å². The number of aromatic nitrogens is 2. The summed E-state index contributed by atoms with van der Waals surface area (Å²) in [5.41, 5.74) is 6.16. The number of aryl methyl sites for hydroxylation is 1. The molecule has 8 nitrogen and oxygen atoms in total. The third-order valence-electron chi connectivity index (χ3n) is 2.51. The standard InChI is InChI=1S/C11H13N5O3S/c1-16-7-10(6-13-16)20(18,19)15-9-4-2-3-8(5-9)11(12)14-17/h2-7,15,17H,1H3,(H2,12,14). The molecular weight excluding hydrogens is 282 g/mol. The fourth-order valence-corrected chi connectivity index (χ4v) is 2.58. The van der Waals surface area contributed by atoms with Crippen LogP contribution in [-0.2, 0) is 17.1 Å². The van der Waals surface area contributed by atoms with Crippen molar-refractivity contribution in [2.45, 2.75) is 4.90 Å². The van der Waals surface area contributed by atoms with Crippen molar-refractivity contribution in [3.63, 3.8) is 0 Å². The number of hydrogen-bond donors (Lipinski definition) is 3. The van der Waals surface area contributed by atoms with Gasteiger partial charge < -0.3 is 10.9 Å². The maximum absolute atomic E-state index is 12.1. The molecule has 0 radical (unpaired) electrons. The molecule has 9 heteroatoms. The lowest BCUT2D eigenvalue weighted by atomic mass is 10.2. The number of rotatable bonds is 4. The van der Waals surface area contributed by atoms with Crippen LogP contribution < -0.4 is 10.5 Å². The van der Waals surface area contributed by atoms with Gasteiger partial charge in [0.05, 0.1) is 6.20 Å². The first-order valence-corrected chi connectivity index (χ1v) is 7.00. The number of oxime groups is 1. The van der Waals surface area contributed by atoms with E-state index in [2.05, 4.69) is 15.0 Å². The number of hydrogen-bond acceptors (Lipinski definition) is 5. The summed E-state index contributed by atoms with van der Waals surface area (Å²) in [5.74, 6) is -0.104. The molecule has 0 saturated heterocycles. The summed E-state index contributed by atoms with van der Waals surface area (Å²) in [4.78, 5) is 0.0502. The molecule has 0 saturated carbocycles. The van der Waals surface area contributed by atoms with Gasteiger partial charge in [-0.05, 0) is 12.1 Å². The van der Waals surface area contributed by atoms with Crippen LogP contribution in [0.5, 0.6) is 0 Å². The van der Waals surface area contributed by atoms with E-state index in [0.717, 1.165) is 0 Å². The topological polar surface area (TPSA) is 123 Å². The predicted molar refractivity (Wildman–Crippen MR) is 73.0 cm³/mol. The Hall–Kier alpha value is -2.55. The van der Waals surface area contributed by atoms with Gasteiger partial charge in [-0.1, -0.05) is 17.3 Å². The minimum atomic E-state index is -3.72. The fourth-order valence-electron chi connectivity index (χ4n) is 1.55. The minimum Gasteiger partial charge on any atom is -0.409 e. The summed E-state index contributed by atoms with van der Waals surface area (Å²) < 4.78 is 28.0. The van der Waals surface area contributed by atoms with Crippen molar-refractivity contribution in [1.29, 1.82) is 0 Å². The second kappa shape index (κ2) is 5.21. The molecule has 0 spiro atoms. The van der Waals surface area contributed by atoms with Crippen molar-refractivity contribution in [2.24, 2.45) is 17.9 Å². The molecule has 0 unspecified atom stereocenters. The highest BCUT2D eigenvalue weighted by atomic mass is 32.2. The molecule has 20 heavy (non-hydrogen) atoms. The number of benzene rings is 1. The van der Waals surface area contributed by atoms with E-state index in [1.807, 2.05) is 0 Å². The normalized spacial score (nSPS) is 12.3. The van der Waals surface area contributed by atoms with Crippen LogP contribution in [0.2, 0.25) is 0 Å². The molecule has 2 rings (SSSR count). The van der Waals surface area contributed by atoms with Crippen LogP contribution in [0.1, 0.15) is 5.56 Å². The third kappa shape index (κ3) is 2.88. The van der Waals surface area contributed by atoms with Crippen molar-refractivity contribution in [3.05, 3.63) is 42.2 Å². The molecule has 4 N–H and O–H groups in total. The molecule has 0 atom stereocenters. The van der Waals surface area contributed by atoms with Gasteiger partial charge in [0.1, 0.15) is 4.90 Å². The van der Waals surface area contributed by atoms with Gasteiger partial charge in [-0.15, -0.1) is 0 Å². The molecular formula is C11H13N5O3S. The Balaban J connectivity index is 2.30. The van der Waals surface area contributed by atoms with Crippen LogP contribution in [0.3, 0.4) is 0 Å². The number of amidine groups is 1. The molecule has 0 amide bonds. The van der Waals surface area contributed by atoms with Crippen LogP contribution in [0, 0.1) is 0 Å². The Kier molecular flexibility index (Phi) is 3.61. The largest absolute Gasteiger partial charge is 0.409 e. The zero-order chi connectivity index (χ0) is 14.8. The quantitative estimate of drug-likeness (QED) is 0.324. The van der Waals surface area contributed by atoms with Crippen LogP contribution in [-0.4, -0.2) is 29.2 Å². The van der Waals surface area contributed by atoms with E-state index in [0.29, 0.717) is 11.3 Å². The van der Waals surface area contributed by atoms with E-state index in [4.69, 9.17) is 10.9 Å². The predicted octanol–water partition coefficient (Wildman–Crippen LogP) is 0.315. The Morgan fingerprint density at radius 2 is 2.25 bits per heavy atom. The lowest BCUT2D eigenvalue weighted by Crippen LogP contribution is -2.15. The van der Waals surface area contributed by atoms with Gasteiger partial charge in [-0.3, -0.25) is 9.40 Å². The van der Waals surface area contributed by atoms with Gasteiger partial charge in [0.2, 0.25) is 0 Å². The molecule has 0 aliphatic rings. The molecule has 1 heterocycles.